The van der Waals surface area contributed by atoms with Crippen LogP contribution in [0.5, 0.6) is 0 Å². The summed E-state index contributed by atoms with van der Waals surface area (Å²) in [7, 11) is 0. The van der Waals surface area contributed by atoms with Gasteiger partial charge in [0.15, 0.2) is 10.8 Å². The maximum atomic E-state index is 13.5. The predicted molar refractivity (Wildman–Crippen MR) is 119 cm³/mol. The van der Waals surface area contributed by atoms with E-state index in [1.54, 1.807) is 4.90 Å². The lowest BCUT2D eigenvalue weighted by atomic mass is 10.2. The van der Waals surface area contributed by atoms with Crippen LogP contribution in [0.1, 0.15) is 34.2 Å². The number of aromatic nitrogens is 3. The van der Waals surface area contributed by atoms with E-state index >= 15 is 0 Å². The Morgan fingerprint density at radius 2 is 1.93 bits per heavy atom. The molecule has 0 N–H and O–H groups in total. The van der Waals surface area contributed by atoms with E-state index < -0.39 is 0 Å². The highest BCUT2D eigenvalue weighted by atomic mass is 35.5. The highest BCUT2D eigenvalue weighted by Crippen LogP contribution is 2.34. The first kappa shape index (κ1) is 19.6. The summed E-state index contributed by atoms with van der Waals surface area (Å²) in [5.74, 6) is -0.160. The molecule has 148 valence electrons. The van der Waals surface area contributed by atoms with Crippen LogP contribution in [-0.2, 0) is 13.1 Å². The van der Waals surface area contributed by atoms with Crippen LogP contribution < -0.4 is 4.90 Å². The summed E-state index contributed by atoms with van der Waals surface area (Å²) in [5.41, 5.74) is 4.17. The number of nitrogens with zero attached hydrogens (tertiary/aromatic N) is 4. The number of halogens is 1. The van der Waals surface area contributed by atoms with Crippen molar-refractivity contribution in [2.24, 2.45) is 0 Å². The summed E-state index contributed by atoms with van der Waals surface area (Å²) in [6.45, 7) is 7.05. The van der Waals surface area contributed by atoms with Gasteiger partial charge in [0, 0.05) is 17.3 Å². The van der Waals surface area contributed by atoms with Gasteiger partial charge in [-0.15, -0.1) is 0 Å². The zero-order valence-electron chi connectivity index (χ0n) is 16.5. The van der Waals surface area contributed by atoms with Crippen molar-refractivity contribution in [3.05, 3.63) is 76.1 Å². The summed E-state index contributed by atoms with van der Waals surface area (Å²) in [4.78, 5) is 19.9. The molecule has 2 aromatic carbocycles. The van der Waals surface area contributed by atoms with E-state index in [0.29, 0.717) is 22.4 Å². The minimum absolute atomic E-state index is 0.160. The monoisotopic (exact) mass is 424 g/mol. The first-order valence-corrected chi connectivity index (χ1v) is 10.6. The van der Waals surface area contributed by atoms with Crippen LogP contribution in [0.25, 0.3) is 10.2 Å². The number of amides is 1. The van der Waals surface area contributed by atoms with Crippen molar-refractivity contribution in [3.8, 4) is 0 Å². The molecule has 0 aliphatic rings. The van der Waals surface area contributed by atoms with E-state index in [0.717, 1.165) is 33.6 Å². The third-order valence-corrected chi connectivity index (χ3v) is 6.35. The molecule has 2 aromatic heterocycles. The fourth-order valence-corrected chi connectivity index (χ4v) is 4.44. The number of hydrogen-bond donors (Lipinski definition) is 0. The normalized spacial score (nSPS) is 11.2. The molecule has 4 rings (SSSR count). The van der Waals surface area contributed by atoms with Crippen LogP contribution in [0, 0.1) is 13.8 Å². The van der Waals surface area contributed by atoms with Crippen LogP contribution in [-0.4, -0.2) is 20.7 Å². The van der Waals surface area contributed by atoms with E-state index in [-0.39, 0.29) is 5.91 Å². The molecule has 0 saturated carbocycles. The zero-order chi connectivity index (χ0) is 20.5. The maximum absolute atomic E-state index is 13.5. The second-order valence-electron chi connectivity index (χ2n) is 6.88. The fourth-order valence-electron chi connectivity index (χ4n) is 3.27. The third-order valence-electron chi connectivity index (χ3n) is 4.90. The highest BCUT2D eigenvalue weighted by molar-refractivity contribution is 7.22. The minimum Gasteiger partial charge on any atom is -0.278 e. The Morgan fingerprint density at radius 3 is 2.62 bits per heavy atom. The average Bonchev–Trinajstić information content (AvgIpc) is 3.33. The van der Waals surface area contributed by atoms with Gasteiger partial charge in [-0.2, -0.15) is 5.10 Å². The standard InChI is InChI=1S/C22H21ClN4OS/c1-4-27-14(2)12-18(25-27)21(28)26(13-16-8-6-5-7-9-16)22-24-20-15(3)17(23)10-11-19(20)29-22/h5-12H,4,13H2,1-3H3. The Morgan fingerprint density at radius 1 is 1.17 bits per heavy atom. The highest BCUT2D eigenvalue weighted by Gasteiger charge is 2.25. The molecule has 0 saturated heterocycles. The Balaban J connectivity index is 1.79. The minimum atomic E-state index is -0.160. The summed E-state index contributed by atoms with van der Waals surface area (Å²) in [5, 5.41) is 5.80. The SMILES string of the molecule is CCn1nc(C(=O)N(Cc2ccccc2)c2nc3c(C)c(Cl)ccc3s2)cc1C. The van der Waals surface area contributed by atoms with Gasteiger partial charge in [0.05, 0.1) is 16.8 Å². The topological polar surface area (TPSA) is 51.0 Å². The first-order valence-electron chi connectivity index (χ1n) is 9.43. The molecule has 0 unspecified atom stereocenters. The van der Waals surface area contributed by atoms with Gasteiger partial charge >= 0.3 is 0 Å². The number of hydrogen-bond acceptors (Lipinski definition) is 4. The molecule has 29 heavy (non-hydrogen) atoms. The molecule has 4 aromatic rings. The van der Waals surface area contributed by atoms with Crippen molar-refractivity contribution in [1.29, 1.82) is 0 Å². The Bertz CT molecular complexity index is 1180. The summed E-state index contributed by atoms with van der Waals surface area (Å²) in [6.07, 6.45) is 0. The second-order valence-corrected chi connectivity index (χ2v) is 8.30. The molecule has 0 spiro atoms. The van der Waals surface area contributed by atoms with Crippen LogP contribution in [0.3, 0.4) is 0 Å². The molecule has 0 radical (unpaired) electrons. The van der Waals surface area contributed by atoms with Crippen molar-refractivity contribution >= 4 is 44.2 Å². The van der Waals surface area contributed by atoms with Gasteiger partial charge in [-0.25, -0.2) is 4.98 Å². The maximum Gasteiger partial charge on any atom is 0.280 e. The fraction of sp³-hybridized carbons (Fsp3) is 0.227. The molecular weight excluding hydrogens is 404 g/mol. The van der Waals surface area contributed by atoms with E-state index in [9.17, 15) is 4.79 Å². The number of thiazole rings is 1. The molecule has 7 heteroatoms. The van der Waals surface area contributed by atoms with Gasteiger partial charge in [-0.1, -0.05) is 53.3 Å². The number of benzene rings is 2. The van der Waals surface area contributed by atoms with Crippen LogP contribution in [0.2, 0.25) is 5.02 Å². The van der Waals surface area contributed by atoms with Gasteiger partial charge in [-0.05, 0) is 50.1 Å². The van der Waals surface area contributed by atoms with Gasteiger partial charge in [0.1, 0.15) is 0 Å². The van der Waals surface area contributed by atoms with Crippen molar-refractivity contribution < 1.29 is 4.79 Å². The quantitative estimate of drug-likeness (QED) is 0.417. The molecule has 0 atom stereocenters. The van der Waals surface area contributed by atoms with Crippen molar-refractivity contribution in [2.75, 3.05) is 4.90 Å². The molecule has 0 fully saturated rings. The van der Waals surface area contributed by atoms with Crippen molar-refractivity contribution in [1.82, 2.24) is 14.8 Å². The Kier molecular flexibility index (Phi) is 5.39. The van der Waals surface area contributed by atoms with Crippen LogP contribution in [0.4, 0.5) is 5.13 Å². The van der Waals surface area contributed by atoms with Crippen LogP contribution in [0.15, 0.2) is 48.5 Å². The number of rotatable bonds is 5. The lowest BCUT2D eigenvalue weighted by Crippen LogP contribution is -2.30. The smallest absolute Gasteiger partial charge is 0.278 e. The number of fused-ring (bicyclic) bond motifs is 1. The molecule has 5 nitrogen and oxygen atoms in total. The molecule has 0 aliphatic heterocycles. The number of aryl methyl sites for hydroxylation is 3. The van der Waals surface area contributed by atoms with E-state index in [1.165, 1.54) is 11.3 Å². The van der Waals surface area contributed by atoms with Crippen molar-refractivity contribution in [3.63, 3.8) is 0 Å². The zero-order valence-corrected chi connectivity index (χ0v) is 18.1. The van der Waals surface area contributed by atoms with Gasteiger partial charge in [0.2, 0.25) is 0 Å². The van der Waals surface area contributed by atoms with Crippen LogP contribution >= 0.6 is 22.9 Å². The van der Waals surface area contributed by atoms with E-state index in [2.05, 4.69) is 5.10 Å². The van der Waals surface area contributed by atoms with E-state index in [1.807, 2.05) is 74.0 Å². The molecule has 0 bridgehead atoms. The van der Waals surface area contributed by atoms with E-state index in [4.69, 9.17) is 16.6 Å². The number of carbonyl (C=O) groups is 1. The average molecular weight is 425 g/mol. The predicted octanol–water partition coefficient (Wildman–Crippen LogP) is 5.63. The Labute approximate surface area is 178 Å². The van der Waals surface area contributed by atoms with Gasteiger partial charge in [0.25, 0.3) is 5.91 Å². The third kappa shape index (κ3) is 3.78. The summed E-state index contributed by atoms with van der Waals surface area (Å²) < 4.78 is 2.83. The van der Waals surface area contributed by atoms with Crippen molar-refractivity contribution in [2.45, 2.75) is 33.9 Å². The lowest BCUT2D eigenvalue weighted by Gasteiger charge is -2.19. The summed E-state index contributed by atoms with van der Waals surface area (Å²) >= 11 is 7.76. The Hall–Kier alpha value is -2.70. The second kappa shape index (κ2) is 7.97. The summed E-state index contributed by atoms with van der Waals surface area (Å²) in [6, 6.07) is 15.6. The molecular formula is C22H21ClN4OS. The largest absolute Gasteiger partial charge is 0.280 e. The molecule has 0 aliphatic carbocycles. The first-order chi connectivity index (χ1) is 14.0. The number of carbonyl (C=O) groups excluding carboxylic acids is 1. The van der Waals surface area contributed by atoms with Gasteiger partial charge < -0.3 is 0 Å². The van der Waals surface area contributed by atoms with Gasteiger partial charge in [-0.3, -0.25) is 14.4 Å². The molecule has 2 heterocycles. The lowest BCUT2D eigenvalue weighted by molar-refractivity contribution is 0.0979. The number of anilines is 1. The molecule has 1 amide bonds.